The number of nitrogens with zero attached hydrogens (tertiary/aromatic N) is 1. The number of hydrogen-bond acceptors (Lipinski definition) is 6. The summed E-state index contributed by atoms with van der Waals surface area (Å²) in [6, 6.07) is 23.5. The Bertz CT molecular complexity index is 1430. The second-order valence-electron chi connectivity index (χ2n) is 8.74. The number of hydrogen-bond donors (Lipinski definition) is 1. The lowest BCUT2D eigenvalue weighted by molar-refractivity contribution is -0.384. The van der Waals surface area contributed by atoms with Gasteiger partial charge in [-0.15, -0.1) is 0 Å². The molecule has 0 radical (unpaired) electrons. The van der Waals surface area contributed by atoms with Gasteiger partial charge in [-0.25, -0.2) is 8.78 Å². The average molecular weight is 678 g/mol. The van der Waals surface area contributed by atoms with Crippen LogP contribution in [0.4, 0.5) is 20.2 Å². The number of thioether (sulfide) groups is 1. The van der Waals surface area contributed by atoms with Gasteiger partial charge >= 0.3 is 0 Å². The molecule has 0 bridgehead atoms. The third kappa shape index (κ3) is 11.9. The molecular formula is C33H39BrF2N2O4S. The van der Waals surface area contributed by atoms with Crippen LogP contribution in [0.25, 0.3) is 0 Å². The lowest BCUT2D eigenvalue weighted by Gasteiger charge is -2.13. The number of methoxy groups -OCH3 is 1. The summed E-state index contributed by atoms with van der Waals surface area (Å²) in [5.74, 6) is 0.710. The Kier molecular flexibility index (Phi) is 17.7. The SMILES string of the molecule is C.CCOc1cc(CNc2cccc(Cc3ccccc3F)c2[N+](=O)[O-])ccc1OC.CSC.Fc1ccccc1CBr. The van der Waals surface area contributed by atoms with Crippen molar-refractivity contribution in [3.8, 4) is 11.5 Å². The molecule has 0 fully saturated rings. The van der Waals surface area contributed by atoms with Crippen molar-refractivity contribution in [1.29, 1.82) is 0 Å². The van der Waals surface area contributed by atoms with Crippen LogP contribution in [0.1, 0.15) is 36.6 Å². The first-order chi connectivity index (χ1) is 20.3. The number of benzene rings is 4. The zero-order chi connectivity index (χ0) is 30.9. The molecule has 4 aromatic carbocycles. The molecule has 0 amide bonds. The van der Waals surface area contributed by atoms with Crippen molar-refractivity contribution in [3.05, 3.63) is 129 Å². The van der Waals surface area contributed by atoms with E-state index in [0.29, 0.717) is 52.4 Å². The Morgan fingerprint density at radius 3 is 1.98 bits per heavy atom. The fraction of sp³-hybridized carbons (Fsp3) is 0.273. The van der Waals surface area contributed by atoms with Crippen LogP contribution in [0.5, 0.6) is 11.5 Å². The van der Waals surface area contributed by atoms with E-state index < -0.39 is 4.92 Å². The summed E-state index contributed by atoms with van der Waals surface area (Å²) in [6.45, 7) is 2.74. The first-order valence-electron chi connectivity index (χ1n) is 13.0. The van der Waals surface area contributed by atoms with E-state index in [4.69, 9.17) is 9.47 Å². The Morgan fingerprint density at radius 2 is 1.47 bits per heavy atom. The van der Waals surface area contributed by atoms with Gasteiger partial charge < -0.3 is 14.8 Å². The Morgan fingerprint density at radius 1 is 0.884 bits per heavy atom. The number of anilines is 1. The summed E-state index contributed by atoms with van der Waals surface area (Å²) in [4.78, 5) is 11.4. The van der Waals surface area contributed by atoms with Crippen LogP contribution in [0.15, 0.2) is 84.9 Å². The number of nitrogens with one attached hydrogen (secondary N) is 1. The fourth-order valence-corrected chi connectivity index (χ4v) is 4.30. The number of alkyl halides is 1. The molecule has 0 aliphatic carbocycles. The van der Waals surface area contributed by atoms with Gasteiger partial charge in [0.15, 0.2) is 11.5 Å². The molecule has 0 aliphatic heterocycles. The molecule has 232 valence electrons. The molecule has 1 N–H and O–H groups in total. The predicted octanol–water partition coefficient (Wildman–Crippen LogP) is 9.68. The van der Waals surface area contributed by atoms with Crippen molar-refractivity contribution in [2.45, 2.75) is 32.6 Å². The van der Waals surface area contributed by atoms with E-state index in [1.54, 1.807) is 73.5 Å². The van der Waals surface area contributed by atoms with Gasteiger partial charge in [0, 0.05) is 23.9 Å². The quantitative estimate of drug-likeness (QED) is 0.102. The number of ether oxygens (including phenoxy) is 2. The molecule has 0 atom stereocenters. The molecule has 0 heterocycles. The topological polar surface area (TPSA) is 73.6 Å². The van der Waals surface area contributed by atoms with Crippen molar-refractivity contribution in [2.75, 3.05) is 31.5 Å². The lowest BCUT2D eigenvalue weighted by Crippen LogP contribution is -2.06. The first-order valence-corrected chi connectivity index (χ1v) is 15.8. The zero-order valence-electron chi connectivity index (χ0n) is 24.0. The Labute approximate surface area is 266 Å². The van der Waals surface area contributed by atoms with Gasteiger partial charge in [0.1, 0.15) is 17.3 Å². The molecule has 4 aromatic rings. The van der Waals surface area contributed by atoms with Gasteiger partial charge in [-0.2, -0.15) is 11.8 Å². The van der Waals surface area contributed by atoms with Crippen molar-refractivity contribution in [2.24, 2.45) is 0 Å². The van der Waals surface area contributed by atoms with E-state index in [1.807, 2.05) is 37.6 Å². The van der Waals surface area contributed by atoms with Crippen LogP contribution < -0.4 is 14.8 Å². The zero-order valence-corrected chi connectivity index (χ0v) is 26.4. The molecule has 4 rings (SSSR count). The van der Waals surface area contributed by atoms with E-state index in [0.717, 1.165) is 5.56 Å². The van der Waals surface area contributed by atoms with Gasteiger partial charge in [0.2, 0.25) is 0 Å². The van der Waals surface area contributed by atoms with Crippen LogP contribution in [0, 0.1) is 21.7 Å². The van der Waals surface area contributed by atoms with Gasteiger partial charge in [0.25, 0.3) is 5.69 Å². The molecule has 0 unspecified atom stereocenters. The van der Waals surface area contributed by atoms with Crippen molar-refractivity contribution >= 4 is 39.1 Å². The molecular weight excluding hydrogens is 638 g/mol. The largest absolute Gasteiger partial charge is 0.493 e. The van der Waals surface area contributed by atoms with E-state index in [-0.39, 0.29) is 31.2 Å². The van der Waals surface area contributed by atoms with Crippen LogP contribution in [0.2, 0.25) is 0 Å². The second kappa shape index (κ2) is 20.3. The molecule has 0 saturated carbocycles. The van der Waals surface area contributed by atoms with Crippen LogP contribution in [0.3, 0.4) is 0 Å². The first kappa shape index (κ1) is 37.4. The highest BCUT2D eigenvalue weighted by Gasteiger charge is 2.20. The molecule has 0 saturated heterocycles. The molecule has 0 aliphatic rings. The van der Waals surface area contributed by atoms with E-state index in [2.05, 4.69) is 21.2 Å². The minimum atomic E-state index is -0.432. The summed E-state index contributed by atoms with van der Waals surface area (Å²) in [7, 11) is 1.57. The maximum Gasteiger partial charge on any atom is 0.295 e. The maximum atomic E-state index is 14.0. The van der Waals surface area contributed by atoms with Gasteiger partial charge in [-0.3, -0.25) is 10.1 Å². The molecule has 6 nitrogen and oxygen atoms in total. The number of rotatable bonds is 10. The highest BCUT2D eigenvalue weighted by Crippen LogP contribution is 2.32. The Hall–Kier alpha value is -3.63. The van der Waals surface area contributed by atoms with Gasteiger partial charge in [-0.05, 0) is 66.5 Å². The third-order valence-corrected chi connectivity index (χ3v) is 6.36. The monoisotopic (exact) mass is 676 g/mol. The van der Waals surface area contributed by atoms with Crippen LogP contribution in [-0.4, -0.2) is 31.2 Å². The highest BCUT2D eigenvalue weighted by atomic mass is 79.9. The maximum absolute atomic E-state index is 14.0. The van der Waals surface area contributed by atoms with Crippen molar-refractivity contribution in [1.82, 2.24) is 0 Å². The second-order valence-corrected chi connectivity index (χ2v) is 10.1. The van der Waals surface area contributed by atoms with Gasteiger partial charge in [0.05, 0.1) is 18.6 Å². The summed E-state index contributed by atoms with van der Waals surface area (Å²) >= 11 is 4.92. The lowest BCUT2D eigenvalue weighted by atomic mass is 10.0. The summed E-state index contributed by atoms with van der Waals surface area (Å²) in [5.41, 5.74) is 2.77. The molecule has 10 heteroatoms. The third-order valence-electron chi connectivity index (χ3n) is 5.75. The predicted molar refractivity (Wildman–Crippen MR) is 179 cm³/mol. The summed E-state index contributed by atoms with van der Waals surface area (Å²) in [5, 5.41) is 15.5. The van der Waals surface area contributed by atoms with E-state index in [9.17, 15) is 18.9 Å². The molecule has 43 heavy (non-hydrogen) atoms. The minimum absolute atomic E-state index is 0. The number of para-hydroxylation sites is 1. The van der Waals surface area contributed by atoms with Crippen molar-refractivity contribution < 1.29 is 23.2 Å². The average Bonchev–Trinajstić information content (AvgIpc) is 2.98. The van der Waals surface area contributed by atoms with Crippen molar-refractivity contribution in [3.63, 3.8) is 0 Å². The number of halogens is 3. The minimum Gasteiger partial charge on any atom is -0.493 e. The van der Waals surface area contributed by atoms with E-state index in [1.165, 1.54) is 12.1 Å². The van der Waals surface area contributed by atoms with E-state index >= 15 is 0 Å². The van der Waals surface area contributed by atoms with Crippen LogP contribution >= 0.6 is 27.7 Å². The molecule has 0 aromatic heterocycles. The standard InChI is InChI=1S/C23H23FN2O4.C7H6BrF.C2H6S.CH4/c1-3-30-22-13-16(11-12-21(22)29-2)15-25-20-10-6-8-18(23(20)26(27)28)14-17-7-4-5-9-19(17)24;8-5-6-3-1-2-4-7(6)9;1-3-2;/h4-13,25H,3,14-15H2,1-2H3;1-4H,5H2;1-2H3;1H4. The highest BCUT2D eigenvalue weighted by molar-refractivity contribution is 9.08. The summed E-state index contributed by atoms with van der Waals surface area (Å²) in [6.07, 6.45) is 4.22. The fourth-order valence-electron chi connectivity index (χ4n) is 3.84. The van der Waals surface area contributed by atoms with Gasteiger partial charge in [-0.1, -0.05) is 78.0 Å². The number of nitro benzene ring substituents is 1. The Balaban J connectivity index is 0.000000597. The summed E-state index contributed by atoms with van der Waals surface area (Å²) < 4.78 is 37.5. The molecule has 0 spiro atoms. The van der Waals surface area contributed by atoms with Crippen LogP contribution in [-0.2, 0) is 18.3 Å². The normalized spacial score (nSPS) is 9.74. The smallest absolute Gasteiger partial charge is 0.295 e. The number of nitro groups is 1.